The predicted molar refractivity (Wildman–Crippen MR) is 76.3 cm³/mol. The summed E-state index contributed by atoms with van der Waals surface area (Å²) in [6.45, 7) is 2.55. The van der Waals surface area contributed by atoms with Gasteiger partial charge in [-0.05, 0) is 37.0 Å². The molecule has 0 saturated heterocycles. The molecule has 6 atom stereocenters. The number of aldehydes is 1. The maximum atomic E-state index is 11.5. The average Bonchev–Trinajstić information content (AvgIpc) is 2.51. The summed E-state index contributed by atoms with van der Waals surface area (Å²) in [5.74, 6) is 1.78. The number of hydrogen-bond acceptors (Lipinski definition) is 4. The fraction of sp³-hybridized carbons (Fsp3) is 0.938. The fourth-order valence-electron chi connectivity index (χ4n) is 4.21. The minimum atomic E-state index is 0.0137. The van der Waals surface area contributed by atoms with Crippen LogP contribution in [-0.2, 0) is 19.0 Å². The summed E-state index contributed by atoms with van der Waals surface area (Å²) in [5, 5.41) is 0. The zero-order valence-corrected chi connectivity index (χ0v) is 12.9. The van der Waals surface area contributed by atoms with Gasteiger partial charge >= 0.3 is 0 Å². The molecule has 0 radical (unpaired) electrons. The highest BCUT2D eigenvalue weighted by molar-refractivity contribution is 5.54. The molecule has 0 aromatic rings. The number of rotatable bonds is 6. The highest BCUT2D eigenvalue weighted by Gasteiger charge is 2.47. The lowest BCUT2D eigenvalue weighted by atomic mass is 9.61. The smallest absolute Gasteiger partial charge is 0.146 e. The Kier molecular flexibility index (Phi) is 6.00. The van der Waals surface area contributed by atoms with E-state index >= 15 is 0 Å². The lowest BCUT2D eigenvalue weighted by Gasteiger charge is -2.48. The van der Waals surface area contributed by atoms with E-state index in [0.717, 1.165) is 31.5 Å². The Morgan fingerprint density at radius 1 is 1.15 bits per heavy atom. The summed E-state index contributed by atoms with van der Waals surface area (Å²) in [4.78, 5) is 11.5. The van der Waals surface area contributed by atoms with Crippen LogP contribution in [0.3, 0.4) is 0 Å². The Bertz CT molecular complexity index is 307. The van der Waals surface area contributed by atoms with Crippen LogP contribution < -0.4 is 0 Å². The number of hydrogen-bond donors (Lipinski definition) is 0. The first-order valence-electron chi connectivity index (χ1n) is 7.83. The van der Waals surface area contributed by atoms with Crippen molar-refractivity contribution in [2.24, 2.45) is 23.7 Å². The molecule has 6 unspecified atom stereocenters. The molecule has 4 heteroatoms. The van der Waals surface area contributed by atoms with Gasteiger partial charge in [0.15, 0.2) is 0 Å². The van der Waals surface area contributed by atoms with Crippen molar-refractivity contribution in [2.75, 3.05) is 21.0 Å². The lowest BCUT2D eigenvalue weighted by Crippen LogP contribution is -2.51. The Labute approximate surface area is 122 Å². The predicted octanol–water partition coefficient (Wildman–Crippen LogP) is 2.65. The van der Waals surface area contributed by atoms with E-state index in [0.29, 0.717) is 18.6 Å². The first-order chi connectivity index (χ1) is 9.74. The first kappa shape index (κ1) is 15.9. The second-order valence-corrected chi connectivity index (χ2v) is 6.26. The number of ether oxygens (including phenoxy) is 3. The molecule has 20 heavy (non-hydrogen) atoms. The van der Waals surface area contributed by atoms with Gasteiger partial charge in [-0.1, -0.05) is 19.8 Å². The Morgan fingerprint density at radius 2 is 1.95 bits per heavy atom. The summed E-state index contributed by atoms with van der Waals surface area (Å²) in [6, 6.07) is 0. The minimum absolute atomic E-state index is 0.0137. The van der Waals surface area contributed by atoms with E-state index in [9.17, 15) is 4.79 Å². The normalized spacial score (nSPS) is 41.1. The Balaban J connectivity index is 2.13. The van der Waals surface area contributed by atoms with Gasteiger partial charge in [0, 0.05) is 20.1 Å². The van der Waals surface area contributed by atoms with E-state index in [1.165, 1.54) is 12.8 Å². The molecule has 0 aliphatic heterocycles. The van der Waals surface area contributed by atoms with Crippen LogP contribution in [0.15, 0.2) is 0 Å². The van der Waals surface area contributed by atoms with Gasteiger partial charge in [-0.25, -0.2) is 0 Å². The Morgan fingerprint density at radius 3 is 2.55 bits per heavy atom. The molecule has 2 rings (SSSR count). The van der Waals surface area contributed by atoms with Crippen molar-refractivity contribution < 1.29 is 19.0 Å². The van der Waals surface area contributed by atoms with Crippen LogP contribution in [0.25, 0.3) is 0 Å². The largest absolute Gasteiger partial charge is 0.379 e. The van der Waals surface area contributed by atoms with Crippen LogP contribution in [0.1, 0.15) is 39.0 Å². The van der Waals surface area contributed by atoms with Crippen molar-refractivity contribution in [3.63, 3.8) is 0 Å². The molecule has 116 valence electrons. The van der Waals surface area contributed by atoms with Gasteiger partial charge in [-0.2, -0.15) is 0 Å². The summed E-state index contributed by atoms with van der Waals surface area (Å²) in [7, 11) is 3.36. The maximum Gasteiger partial charge on any atom is 0.146 e. The SMILES string of the molecule is CCC1CCC2C(C1)C(C=O)CC(OC)C2OCOC. The molecule has 0 amide bonds. The van der Waals surface area contributed by atoms with Crippen molar-refractivity contribution in [1.29, 1.82) is 0 Å². The molecule has 0 spiro atoms. The molecule has 0 aromatic heterocycles. The molecule has 2 fully saturated rings. The van der Waals surface area contributed by atoms with E-state index in [2.05, 4.69) is 6.92 Å². The third-order valence-corrected chi connectivity index (χ3v) is 5.34. The van der Waals surface area contributed by atoms with Crippen molar-refractivity contribution in [3.05, 3.63) is 0 Å². The summed E-state index contributed by atoms with van der Waals surface area (Å²) < 4.78 is 16.6. The van der Waals surface area contributed by atoms with Crippen LogP contribution in [0, 0.1) is 23.7 Å². The van der Waals surface area contributed by atoms with Gasteiger partial charge in [0.2, 0.25) is 0 Å². The van der Waals surface area contributed by atoms with Crippen LogP contribution in [0.5, 0.6) is 0 Å². The van der Waals surface area contributed by atoms with Gasteiger partial charge in [0.05, 0.1) is 12.2 Å². The van der Waals surface area contributed by atoms with Gasteiger partial charge in [-0.15, -0.1) is 0 Å². The number of methoxy groups -OCH3 is 2. The van der Waals surface area contributed by atoms with Crippen molar-refractivity contribution >= 4 is 6.29 Å². The topological polar surface area (TPSA) is 44.8 Å². The van der Waals surface area contributed by atoms with E-state index < -0.39 is 0 Å². The van der Waals surface area contributed by atoms with Crippen molar-refractivity contribution in [3.8, 4) is 0 Å². The van der Waals surface area contributed by atoms with Gasteiger partial charge in [0.25, 0.3) is 0 Å². The van der Waals surface area contributed by atoms with Crippen LogP contribution in [0.2, 0.25) is 0 Å². The number of carbonyl (C=O) groups is 1. The Hall–Kier alpha value is -0.450. The second-order valence-electron chi connectivity index (χ2n) is 6.26. The van der Waals surface area contributed by atoms with Crippen LogP contribution in [-0.4, -0.2) is 39.5 Å². The monoisotopic (exact) mass is 284 g/mol. The summed E-state index contributed by atoms with van der Waals surface area (Å²) >= 11 is 0. The van der Waals surface area contributed by atoms with Crippen LogP contribution in [0.4, 0.5) is 0 Å². The maximum absolute atomic E-state index is 11.5. The van der Waals surface area contributed by atoms with E-state index in [4.69, 9.17) is 14.2 Å². The third kappa shape index (κ3) is 3.23. The van der Waals surface area contributed by atoms with Crippen LogP contribution >= 0.6 is 0 Å². The molecule has 0 N–H and O–H groups in total. The zero-order chi connectivity index (χ0) is 14.5. The van der Waals surface area contributed by atoms with E-state index in [1.807, 2.05) is 0 Å². The lowest BCUT2D eigenvalue weighted by molar-refractivity contribution is -0.183. The second kappa shape index (κ2) is 7.53. The third-order valence-electron chi connectivity index (χ3n) is 5.34. The first-order valence-corrected chi connectivity index (χ1v) is 7.83. The molecule has 4 nitrogen and oxygen atoms in total. The molecule has 0 aromatic carbocycles. The molecular formula is C16H28O4. The van der Waals surface area contributed by atoms with E-state index in [1.54, 1.807) is 14.2 Å². The quantitative estimate of drug-likeness (QED) is 0.555. The minimum Gasteiger partial charge on any atom is -0.379 e. The zero-order valence-electron chi connectivity index (χ0n) is 12.9. The molecule has 2 aliphatic carbocycles. The average molecular weight is 284 g/mol. The van der Waals surface area contributed by atoms with Gasteiger partial charge in [-0.3, -0.25) is 0 Å². The van der Waals surface area contributed by atoms with Gasteiger partial charge < -0.3 is 19.0 Å². The number of carbonyl (C=O) groups excluding carboxylic acids is 1. The fourth-order valence-corrected chi connectivity index (χ4v) is 4.21. The van der Waals surface area contributed by atoms with Crippen molar-refractivity contribution in [1.82, 2.24) is 0 Å². The van der Waals surface area contributed by atoms with Crippen molar-refractivity contribution in [2.45, 2.75) is 51.2 Å². The molecular weight excluding hydrogens is 256 g/mol. The molecule has 2 saturated carbocycles. The summed E-state index contributed by atoms with van der Waals surface area (Å²) in [6.07, 6.45) is 6.77. The van der Waals surface area contributed by atoms with Gasteiger partial charge in [0.1, 0.15) is 13.1 Å². The molecule has 0 heterocycles. The molecule has 2 aliphatic rings. The highest BCUT2D eigenvalue weighted by Crippen LogP contribution is 2.47. The highest BCUT2D eigenvalue weighted by atomic mass is 16.7. The standard InChI is InChI=1S/C16H28O4/c1-4-11-5-6-13-14(7-11)12(9-17)8-15(19-3)16(13)20-10-18-2/h9,11-16H,4-8,10H2,1-3H3. The van der Waals surface area contributed by atoms with E-state index in [-0.39, 0.29) is 18.1 Å². The number of fused-ring (bicyclic) bond motifs is 1. The summed E-state index contributed by atoms with van der Waals surface area (Å²) in [5.41, 5.74) is 0. The molecule has 0 bridgehead atoms.